The van der Waals surface area contributed by atoms with Gasteiger partial charge in [0.25, 0.3) is 11.9 Å². The summed E-state index contributed by atoms with van der Waals surface area (Å²) in [5.74, 6) is -2.13. The molecule has 0 aromatic heterocycles. The molecular formula is C10H27N2Na3O7. The van der Waals surface area contributed by atoms with Crippen LogP contribution in [0, 0.1) is 0 Å². The van der Waals surface area contributed by atoms with Crippen molar-refractivity contribution in [1.82, 2.24) is 0 Å². The van der Waals surface area contributed by atoms with E-state index < -0.39 is 24.2 Å². The quantitative estimate of drug-likeness (QED) is 0.183. The molecule has 7 N–H and O–H groups in total. The summed E-state index contributed by atoms with van der Waals surface area (Å²) < 4.78 is 4.17. The molecule has 0 aliphatic rings. The van der Waals surface area contributed by atoms with Gasteiger partial charge in [0.05, 0.1) is 0 Å². The summed E-state index contributed by atoms with van der Waals surface area (Å²) in [5.41, 5.74) is 9.81. The summed E-state index contributed by atoms with van der Waals surface area (Å²) in [6, 6.07) is 0. The first-order valence-electron chi connectivity index (χ1n) is 5.15. The molecular weight excluding hydrogens is 329 g/mol. The molecule has 1 atom stereocenters. The van der Waals surface area contributed by atoms with Crippen LogP contribution in [0.15, 0.2) is 0 Å². The fraction of sp³-hybridized carbons (Fsp3) is 0.700. The van der Waals surface area contributed by atoms with E-state index in [4.69, 9.17) is 36.4 Å². The van der Waals surface area contributed by atoms with Crippen LogP contribution in [-0.4, -0.2) is 52.6 Å². The van der Waals surface area contributed by atoms with Gasteiger partial charge in [-0.1, -0.05) is 0 Å². The predicted octanol–water partition coefficient (Wildman–Crippen LogP) is -9.68. The van der Waals surface area contributed by atoms with Gasteiger partial charge in [0.1, 0.15) is 0 Å². The Bertz CT molecular complexity index is 236. The largest absolute Gasteiger partial charge is 1.00 e. The van der Waals surface area contributed by atoms with Crippen molar-refractivity contribution in [1.29, 1.82) is 0 Å². The molecule has 0 radical (unpaired) electrons. The van der Waals surface area contributed by atoms with Crippen molar-refractivity contribution in [3.05, 3.63) is 0 Å². The number of carbonyl (C=O) groups excluding carboxylic acids is 1. The molecule has 1 unspecified atom stereocenters. The molecule has 0 heterocycles. The number of hydrogen-bond donors (Lipinski definition) is 5. The number of aliphatic carboxylic acids is 2. The number of esters is 1. The molecule has 0 saturated heterocycles. The van der Waals surface area contributed by atoms with Crippen molar-refractivity contribution >= 4 is 17.9 Å². The van der Waals surface area contributed by atoms with Gasteiger partial charge in [0.15, 0.2) is 6.29 Å². The first kappa shape index (κ1) is 43.6. The van der Waals surface area contributed by atoms with Crippen molar-refractivity contribution in [2.24, 2.45) is 11.5 Å². The van der Waals surface area contributed by atoms with E-state index in [0.29, 0.717) is 13.1 Å². The second kappa shape index (κ2) is 38.1. The molecule has 9 nitrogen and oxygen atoms in total. The van der Waals surface area contributed by atoms with Gasteiger partial charge < -0.3 is 35.8 Å². The van der Waals surface area contributed by atoms with E-state index in [2.05, 4.69) is 4.74 Å². The summed E-state index contributed by atoms with van der Waals surface area (Å²) in [5, 5.41) is 23.1. The molecule has 0 fully saturated rings. The van der Waals surface area contributed by atoms with Crippen LogP contribution in [0.5, 0.6) is 0 Å². The number of nitrogens with two attached hydrogens (primary N) is 2. The summed E-state index contributed by atoms with van der Waals surface area (Å²) in [6.45, 7) is 5.98. The van der Waals surface area contributed by atoms with E-state index in [1.807, 2.05) is 0 Å². The Hall–Kier alpha value is 1.29. The molecule has 0 rings (SSSR count). The van der Waals surface area contributed by atoms with Crippen LogP contribution in [0.25, 0.3) is 0 Å². The van der Waals surface area contributed by atoms with E-state index in [9.17, 15) is 4.79 Å². The number of rotatable bonds is 2. The Morgan fingerprint density at radius 3 is 1.14 bits per heavy atom. The second-order valence-electron chi connectivity index (χ2n) is 2.82. The predicted molar refractivity (Wildman–Crippen MR) is 71.5 cm³/mol. The van der Waals surface area contributed by atoms with Crippen LogP contribution >= 0.6 is 0 Å². The number of carboxylic acid groups (broad SMARTS) is 2. The van der Waals surface area contributed by atoms with E-state index >= 15 is 0 Å². The molecule has 0 aromatic carbocycles. The average Bonchev–Trinajstić information content (AvgIpc) is 2.14. The Morgan fingerprint density at radius 2 is 1.14 bits per heavy atom. The van der Waals surface area contributed by atoms with Crippen LogP contribution in [0.2, 0.25) is 0 Å². The van der Waals surface area contributed by atoms with Crippen molar-refractivity contribution in [3.8, 4) is 0 Å². The Balaban J connectivity index is -0.0000000143. The van der Waals surface area contributed by atoms with Crippen LogP contribution in [-0.2, 0) is 19.1 Å². The van der Waals surface area contributed by atoms with Crippen LogP contribution in [0.3, 0.4) is 0 Å². The number of aliphatic hydroxyl groups excluding tert-OH is 1. The van der Waals surface area contributed by atoms with Crippen molar-refractivity contribution < 1.29 is 127 Å². The fourth-order valence-electron chi connectivity index (χ4n) is 0.240. The normalized spacial score (nSPS) is 7.77. The molecule has 0 spiro atoms. The number of carbonyl (C=O) groups is 3. The van der Waals surface area contributed by atoms with Gasteiger partial charge >= 0.3 is 94.6 Å². The zero-order valence-corrected chi connectivity index (χ0v) is 20.6. The van der Waals surface area contributed by atoms with Crippen molar-refractivity contribution in [2.45, 2.75) is 34.0 Å². The second-order valence-corrected chi connectivity index (χ2v) is 2.82. The third kappa shape index (κ3) is 222. The van der Waals surface area contributed by atoms with Crippen molar-refractivity contribution in [3.63, 3.8) is 0 Å². The molecule has 22 heavy (non-hydrogen) atoms. The van der Waals surface area contributed by atoms with E-state index in [0.717, 1.165) is 13.8 Å². The number of ether oxygens (including phenoxy) is 1. The van der Waals surface area contributed by atoms with E-state index in [-0.39, 0.29) is 93.0 Å². The first-order valence-corrected chi connectivity index (χ1v) is 5.15. The molecule has 0 saturated carbocycles. The monoisotopic (exact) mass is 356 g/mol. The standard InChI is InChI=1S/C4H8O3.C2H8N2.2C2H4O2.3Na.3H/c1-3(5)7-4(2)6;3-1-2-4;2*1-2(3)4;;;;;;/h3,5H,1-2H3;1-4H2;2*1H3,(H,3,4);;;;;;/q;;;;3*+1;3*-1. The molecule has 0 amide bonds. The average molecular weight is 356 g/mol. The van der Waals surface area contributed by atoms with Crippen LogP contribution in [0.4, 0.5) is 0 Å². The van der Waals surface area contributed by atoms with Gasteiger partial charge in [0, 0.05) is 33.9 Å². The number of hydrogen-bond acceptors (Lipinski definition) is 7. The summed E-state index contributed by atoms with van der Waals surface area (Å²) in [7, 11) is 0. The number of carboxylic acids is 2. The smallest absolute Gasteiger partial charge is 1.00 e. The first-order chi connectivity index (χ1) is 8.50. The van der Waals surface area contributed by atoms with Gasteiger partial charge in [-0.3, -0.25) is 14.4 Å². The third-order valence-electron chi connectivity index (χ3n) is 0.503. The Labute approximate surface area is 201 Å². The van der Waals surface area contributed by atoms with E-state index in [1.54, 1.807) is 0 Å². The zero-order chi connectivity index (χ0) is 16.4. The molecule has 0 bridgehead atoms. The molecule has 0 aliphatic heterocycles. The SMILES string of the molecule is CC(=O)O.CC(=O)O.CC(=O)OC(C)O.NCCN.[H-].[H-].[H-].[Na+].[Na+].[Na+]. The maximum absolute atomic E-state index is 9.87. The van der Waals surface area contributed by atoms with Gasteiger partial charge in [-0.2, -0.15) is 0 Å². The Morgan fingerprint density at radius 1 is 0.955 bits per heavy atom. The molecule has 0 aromatic rings. The van der Waals surface area contributed by atoms with Gasteiger partial charge in [-0.25, -0.2) is 0 Å². The zero-order valence-electron chi connectivity index (χ0n) is 17.6. The van der Waals surface area contributed by atoms with Gasteiger partial charge in [0.2, 0.25) is 0 Å². The maximum atomic E-state index is 9.87. The molecule has 122 valence electrons. The summed E-state index contributed by atoms with van der Waals surface area (Å²) in [6.07, 6.45) is -0.975. The summed E-state index contributed by atoms with van der Waals surface area (Å²) >= 11 is 0. The minimum Gasteiger partial charge on any atom is -1.00 e. The van der Waals surface area contributed by atoms with Crippen molar-refractivity contribution in [2.75, 3.05) is 13.1 Å². The minimum atomic E-state index is -0.975. The van der Waals surface area contributed by atoms with Gasteiger partial charge in [-0.15, -0.1) is 0 Å². The third-order valence-corrected chi connectivity index (χ3v) is 0.503. The minimum absolute atomic E-state index is 0. The molecule has 12 heteroatoms. The van der Waals surface area contributed by atoms with Crippen LogP contribution < -0.4 is 100 Å². The van der Waals surface area contributed by atoms with Gasteiger partial charge in [-0.05, 0) is 6.92 Å². The maximum Gasteiger partial charge on any atom is 1.00 e. The molecule has 0 aliphatic carbocycles. The summed E-state index contributed by atoms with van der Waals surface area (Å²) in [4.78, 5) is 27.9. The number of aliphatic hydroxyl groups is 1. The Kier molecular flexibility index (Phi) is 75.5. The van der Waals surface area contributed by atoms with E-state index in [1.165, 1.54) is 13.8 Å². The topological polar surface area (TPSA) is 173 Å². The fourth-order valence-corrected chi connectivity index (χ4v) is 0.240. The van der Waals surface area contributed by atoms with Crippen LogP contribution in [0.1, 0.15) is 32.0 Å².